The minimum absolute atomic E-state index is 0.238. The van der Waals surface area contributed by atoms with Gasteiger partial charge >= 0.3 is 0 Å². The lowest BCUT2D eigenvalue weighted by Gasteiger charge is -2.05. The van der Waals surface area contributed by atoms with Crippen LogP contribution in [0.4, 0.5) is 0 Å². The Labute approximate surface area is 83.7 Å². The van der Waals surface area contributed by atoms with Gasteiger partial charge in [0.2, 0.25) is 0 Å². The smallest absolute Gasteiger partial charge is 0.279 e. The van der Waals surface area contributed by atoms with Crippen molar-refractivity contribution in [1.29, 1.82) is 0 Å². The Hall–Kier alpha value is -1.38. The van der Waals surface area contributed by atoms with Gasteiger partial charge in [-0.1, -0.05) is 13.8 Å². The first-order chi connectivity index (χ1) is 6.49. The van der Waals surface area contributed by atoms with Gasteiger partial charge in [-0.3, -0.25) is 9.59 Å². The largest absolute Gasteiger partial charge is 0.345 e. The first-order valence-corrected chi connectivity index (χ1v) is 4.57. The van der Waals surface area contributed by atoms with Gasteiger partial charge in [-0.15, -0.1) is 0 Å². The molecule has 0 bridgehead atoms. The van der Waals surface area contributed by atoms with E-state index >= 15 is 0 Å². The standard InChI is InChI=1S/C11H14NO2/c1-7(2)9-5-8(3)12(4)11(9)10(14)6-13/h5,7H,1-4H3. The zero-order valence-electron chi connectivity index (χ0n) is 8.92. The van der Waals surface area contributed by atoms with Gasteiger partial charge in [0.15, 0.2) is 0 Å². The van der Waals surface area contributed by atoms with E-state index < -0.39 is 5.78 Å². The van der Waals surface area contributed by atoms with E-state index in [9.17, 15) is 9.59 Å². The molecule has 1 radical (unpaired) electrons. The number of hydrogen-bond acceptors (Lipinski definition) is 2. The van der Waals surface area contributed by atoms with Crippen molar-refractivity contribution in [3.63, 3.8) is 0 Å². The van der Waals surface area contributed by atoms with Crippen molar-refractivity contribution in [1.82, 2.24) is 4.57 Å². The highest BCUT2D eigenvalue weighted by atomic mass is 16.2. The Balaban J connectivity index is 3.37. The Kier molecular flexibility index (Phi) is 2.89. The summed E-state index contributed by atoms with van der Waals surface area (Å²) in [7, 11) is 1.78. The van der Waals surface area contributed by atoms with Gasteiger partial charge in [0.05, 0.1) is 5.69 Å². The van der Waals surface area contributed by atoms with Crippen LogP contribution in [-0.2, 0) is 11.8 Å². The molecule has 1 aromatic heterocycles. The van der Waals surface area contributed by atoms with Crippen molar-refractivity contribution in [3.8, 4) is 0 Å². The van der Waals surface area contributed by atoms with Crippen LogP contribution in [-0.4, -0.2) is 16.6 Å². The highest BCUT2D eigenvalue weighted by Crippen LogP contribution is 2.22. The molecule has 0 saturated carbocycles. The maximum absolute atomic E-state index is 11.3. The van der Waals surface area contributed by atoms with Gasteiger partial charge < -0.3 is 4.57 Å². The van der Waals surface area contributed by atoms with Crippen molar-refractivity contribution >= 4 is 12.1 Å². The summed E-state index contributed by atoms with van der Waals surface area (Å²) in [4.78, 5) is 21.7. The lowest BCUT2D eigenvalue weighted by Crippen LogP contribution is -2.10. The third-order valence-corrected chi connectivity index (χ3v) is 2.43. The van der Waals surface area contributed by atoms with Crippen molar-refractivity contribution in [2.75, 3.05) is 0 Å². The molecule has 1 aromatic rings. The number of carbonyl (C=O) groups is 1. The molecule has 0 N–H and O–H groups in total. The van der Waals surface area contributed by atoms with Crippen molar-refractivity contribution < 1.29 is 9.59 Å². The van der Waals surface area contributed by atoms with Gasteiger partial charge in [0.25, 0.3) is 12.1 Å². The second-order valence-corrected chi connectivity index (χ2v) is 3.73. The molecule has 0 amide bonds. The van der Waals surface area contributed by atoms with Gasteiger partial charge in [-0.05, 0) is 24.5 Å². The normalized spacial score (nSPS) is 10.6. The fraction of sp³-hybridized carbons (Fsp3) is 0.455. The second kappa shape index (κ2) is 3.78. The van der Waals surface area contributed by atoms with E-state index in [-0.39, 0.29) is 5.92 Å². The molecular formula is C11H14NO2. The summed E-state index contributed by atoms with van der Waals surface area (Å²) in [5.74, 6) is -0.327. The lowest BCUT2D eigenvalue weighted by molar-refractivity contribution is 0.105. The second-order valence-electron chi connectivity index (χ2n) is 3.73. The predicted molar refractivity (Wildman–Crippen MR) is 54.3 cm³/mol. The van der Waals surface area contributed by atoms with Crippen LogP contribution in [0.5, 0.6) is 0 Å². The van der Waals surface area contributed by atoms with Crippen LogP contribution >= 0.6 is 0 Å². The summed E-state index contributed by atoms with van der Waals surface area (Å²) < 4.78 is 1.74. The molecular weight excluding hydrogens is 178 g/mol. The fourth-order valence-corrected chi connectivity index (χ4v) is 1.53. The molecule has 0 spiro atoms. The van der Waals surface area contributed by atoms with Crippen molar-refractivity contribution in [3.05, 3.63) is 23.0 Å². The molecule has 0 atom stereocenters. The fourth-order valence-electron chi connectivity index (χ4n) is 1.53. The van der Waals surface area contributed by atoms with E-state index in [1.54, 1.807) is 11.6 Å². The Morgan fingerprint density at radius 3 is 2.50 bits per heavy atom. The number of hydrogen-bond donors (Lipinski definition) is 0. The number of ketones is 1. The molecule has 0 aliphatic heterocycles. The first-order valence-electron chi connectivity index (χ1n) is 4.57. The molecule has 3 nitrogen and oxygen atoms in total. The molecule has 0 aliphatic carbocycles. The third kappa shape index (κ3) is 1.62. The lowest BCUT2D eigenvalue weighted by atomic mass is 10.0. The molecule has 0 aromatic carbocycles. The van der Waals surface area contributed by atoms with Crippen LogP contribution in [0.3, 0.4) is 0 Å². The van der Waals surface area contributed by atoms with E-state index in [0.717, 1.165) is 11.3 Å². The molecule has 14 heavy (non-hydrogen) atoms. The summed E-state index contributed by atoms with van der Waals surface area (Å²) in [6.45, 7) is 5.90. The third-order valence-electron chi connectivity index (χ3n) is 2.43. The number of Topliss-reactive ketones (excluding diaryl/α,β-unsaturated/α-hetero) is 1. The van der Waals surface area contributed by atoms with E-state index in [1.807, 2.05) is 26.8 Å². The van der Waals surface area contributed by atoms with Gasteiger partial charge in [0, 0.05) is 12.7 Å². The predicted octanol–water partition coefficient (Wildman–Crippen LogP) is 1.75. The van der Waals surface area contributed by atoms with Crippen LogP contribution in [0, 0.1) is 6.92 Å². The maximum Gasteiger partial charge on any atom is 0.279 e. The molecule has 0 fully saturated rings. The summed E-state index contributed by atoms with van der Waals surface area (Å²) in [5.41, 5.74) is 2.36. The Bertz CT molecular complexity index is 375. The van der Waals surface area contributed by atoms with Crippen LogP contribution < -0.4 is 0 Å². The van der Waals surface area contributed by atoms with Crippen LogP contribution in [0.2, 0.25) is 0 Å². The SMILES string of the molecule is Cc1cc(C(C)C)c(C(=O)[C]=O)n1C. The van der Waals surface area contributed by atoms with Crippen molar-refractivity contribution in [2.24, 2.45) is 7.05 Å². The summed E-state index contributed by atoms with van der Waals surface area (Å²) in [6.07, 6.45) is 1.42. The monoisotopic (exact) mass is 192 g/mol. The zero-order chi connectivity index (χ0) is 10.9. The average Bonchev–Trinajstić information content (AvgIpc) is 2.43. The highest BCUT2D eigenvalue weighted by Gasteiger charge is 2.19. The first kappa shape index (κ1) is 10.7. The summed E-state index contributed by atoms with van der Waals surface area (Å²) in [6, 6.07) is 1.94. The molecule has 0 unspecified atom stereocenters. The van der Waals surface area contributed by atoms with Crippen LogP contribution in [0.25, 0.3) is 0 Å². The van der Waals surface area contributed by atoms with Gasteiger partial charge in [-0.25, -0.2) is 0 Å². The zero-order valence-corrected chi connectivity index (χ0v) is 8.92. The number of aryl methyl sites for hydroxylation is 1. The van der Waals surface area contributed by atoms with E-state index in [2.05, 4.69) is 0 Å². The van der Waals surface area contributed by atoms with Crippen LogP contribution in [0.1, 0.15) is 41.5 Å². The molecule has 3 heteroatoms. The topological polar surface area (TPSA) is 39.1 Å². The highest BCUT2D eigenvalue weighted by molar-refractivity contribution is 6.33. The molecule has 75 valence electrons. The number of aromatic nitrogens is 1. The number of rotatable bonds is 3. The minimum atomic E-state index is -0.565. The number of carbonyl (C=O) groups excluding carboxylic acids is 2. The quantitative estimate of drug-likeness (QED) is 0.540. The maximum atomic E-state index is 11.3. The van der Waals surface area contributed by atoms with E-state index in [1.165, 1.54) is 6.29 Å². The molecule has 0 saturated heterocycles. The summed E-state index contributed by atoms with van der Waals surface area (Å²) >= 11 is 0. The van der Waals surface area contributed by atoms with Crippen LogP contribution in [0.15, 0.2) is 6.07 Å². The van der Waals surface area contributed by atoms with Gasteiger partial charge in [-0.2, -0.15) is 0 Å². The Morgan fingerprint density at radius 1 is 1.50 bits per heavy atom. The number of nitrogens with zero attached hydrogens (tertiary/aromatic N) is 1. The minimum Gasteiger partial charge on any atom is -0.345 e. The van der Waals surface area contributed by atoms with E-state index in [0.29, 0.717) is 5.69 Å². The molecule has 0 aliphatic rings. The van der Waals surface area contributed by atoms with E-state index in [4.69, 9.17) is 0 Å². The average molecular weight is 192 g/mol. The molecule has 1 heterocycles. The van der Waals surface area contributed by atoms with Crippen molar-refractivity contribution in [2.45, 2.75) is 26.7 Å². The Morgan fingerprint density at radius 2 is 2.07 bits per heavy atom. The van der Waals surface area contributed by atoms with Gasteiger partial charge in [0.1, 0.15) is 0 Å². The summed E-state index contributed by atoms with van der Waals surface area (Å²) in [5, 5.41) is 0. The molecule has 1 rings (SSSR count).